The quantitative estimate of drug-likeness (QED) is 0.687. The van der Waals surface area contributed by atoms with Gasteiger partial charge in [-0.2, -0.15) is 5.26 Å². The van der Waals surface area contributed by atoms with Crippen LogP contribution in [0.2, 0.25) is 0 Å². The molecule has 0 fully saturated rings. The maximum atomic E-state index is 9.84. The molecule has 1 atom stereocenters. The van der Waals surface area contributed by atoms with Gasteiger partial charge in [0.05, 0.1) is 23.8 Å². The van der Waals surface area contributed by atoms with E-state index in [1.807, 2.05) is 49.4 Å². The normalized spacial score (nSPS) is 16.6. The molecule has 0 amide bonds. The van der Waals surface area contributed by atoms with E-state index in [9.17, 15) is 5.26 Å². The largest absolute Gasteiger partial charge is 0.494 e. The number of ether oxygens (including phenoxy) is 4. The number of aromatic nitrogens is 2. The van der Waals surface area contributed by atoms with Crippen molar-refractivity contribution >= 4 is 0 Å². The van der Waals surface area contributed by atoms with Crippen molar-refractivity contribution in [3.63, 3.8) is 0 Å². The Morgan fingerprint density at radius 3 is 2.77 bits per heavy atom. The molecular weight excluding hydrogens is 384 g/mol. The molecule has 2 aliphatic heterocycles. The zero-order valence-corrected chi connectivity index (χ0v) is 16.1. The molecule has 3 N–H and O–H groups in total. The first-order valence-electron chi connectivity index (χ1n) is 9.48. The molecule has 0 unspecified atom stereocenters. The average Bonchev–Trinajstić information content (AvgIpc) is 3.40. The topological polar surface area (TPSA) is 115 Å². The third kappa shape index (κ3) is 2.79. The molecule has 3 heterocycles. The third-order valence-electron chi connectivity index (χ3n) is 5.12. The summed E-state index contributed by atoms with van der Waals surface area (Å²) < 4.78 is 22.1. The summed E-state index contributed by atoms with van der Waals surface area (Å²) in [5.41, 5.74) is 9.57. The fourth-order valence-corrected chi connectivity index (χ4v) is 3.78. The monoisotopic (exact) mass is 402 g/mol. The highest BCUT2D eigenvalue weighted by Crippen LogP contribution is 2.47. The molecule has 0 saturated heterocycles. The van der Waals surface area contributed by atoms with Crippen molar-refractivity contribution in [3.05, 3.63) is 65.0 Å². The zero-order valence-electron chi connectivity index (χ0n) is 16.1. The van der Waals surface area contributed by atoms with Crippen molar-refractivity contribution in [2.45, 2.75) is 12.8 Å². The minimum absolute atomic E-state index is 0.0393. The number of H-pyrrole nitrogens is 1. The van der Waals surface area contributed by atoms with Crippen LogP contribution in [0.3, 0.4) is 0 Å². The molecule has 0 aliphatic carbocycles. The number of hydrogen-bond acceptors (Lipinski definition) is 7. The van der Waals surface area contributed by atoms with Gasteiger partial charge in [0.25, 0.3) is 0 Å². The first-order chi connectivity index (χ1) is 14.7. The first-order valence-corrected chi connectivity index (χ1v) is 9.48. The molecule has 2 aromatic carbocycles. The minimum atomic E-state index is -0.464. The predicted molar refractivity (Wildman–Crippen MR) is 107 cm³/mol. The lowest BCUT2D eigenvalue weighted by atomic mass is 9.83. The van der Waals surface area contributed by atoms with Crippen LogP contribution < -0.4 is 24.7 Å². The molecule has 0 bridgehead atoms. The van der Waals surface area contributed by atoms with E-state index in [0.717, 1.165) is 28.1 Å². The van der Waals surface area contributed by atoms with Crippen LogP contribution in [0, 0.1) is 11.3 Å². The van der Waals surface area contributed by atoms with E-state index in [0.29, 0.717) is 29.6 Å². The highest BCUT2D eigenvalue weighted by Gasteiger charge is 2.36. The van der Waals surface area contributed by atoms with E-state index >= 15 is 0 Å². The van der Waals surface area contributed by atoms with Gasteiger partial charge in [-0.1, -0.05) is 6.07 Å². The summed E-state index contributed by atoms with van der Waals surface area (Å²) in [5, 5.41) is 17.2. The van der Waals surface area contributed by atoms with Crippen LogP contribution in [0.1, 0.15) is 24.0 Å². The SMILES string of the molecule is CCOc1ccc(-c2[nH]nc3c2[C@@H](c2ccc4c(c2)OCO4)C(C#N)=C(N)O3)cc1. The number of benzene rings is 2. The molecule has 0 radical (unpaired) electrons. The lowest BCUT2D eigenvalue weighted by molar-refractivity contribution is 0.174. The van der Waals surface area contributed by atoms with Crippen LogP contribution in [0.25, 0.3) is 11.3 Å². The summed E-state index contributed by atoms with van der Waals surface area (Å²) in [4.78, 5) is 0. The van der Waals surface area contributed by atoms with Gasteiger partial charge in [0.1, 0.15) is 17.4 Å². The van der Waals surface area contributed by atoms with E-state index in [1.165, 1.54) is 0 Å². The van der Waals surface area contributed by atoms with Gasteiger partial charge < -0.3 is 24.7 Å². The molecule has 8 nitrogen and oxygen atoms in total. The number of nitrogens with two attached hydrogens (primary N) is 1. The van der Waals surface area contributed by atoms with Crippen LogP contribution in [0.5, 0.6) is 23.1 Å². The van der Waals surface area contributed by atoms with E-state index in [4.69, 9.17) is 24.7 Å². The lowest BCUT2D eigenvalue weighted by Crippen LogP contribution is -2.21. The Labute approximate surface area is 172 Å². The Hall–Kier alpha value is -4.12. The van der Waals surface area contributed by atoms with Gasteiger partial charge in [0, 0.05) is 5.56 Å². The van der Waals surface area contributed by atoms with Crippen LogP contribution in [-0.4, -0.2) is 23.6 Å². The van der Waals surface area contributed by atoms with Gasteiger partial charge in [0.2, 0.25) is 18.6 Å². The summed E-state index contributed by atoms with van der Waals surface area (Å²) in [6.45, 7) is 2.70. The number of fused-ring (bicyclic) bond motifs is 2. The zero-order chi connectivity index (χ0) is 20.7. The van der Waals surface area contributed by atoms with E-state index in [2.05, 4.69) is 16.3 Å². The Morgan fingerprint density at radius 2 is 2.00 bits per heavy atom. The van der Waals surface area contributed by atoms with Gasteiger partial charge in [0.15, 0.2) is 11.5 Å². The van der Waals surface area contributed by atoms with Crippen molar-refractivity contribution in [2.75, 3.05) is 13.4 Å². The van der Waals surface area contributed by atoms with Gasteiger partial charge in [-0.15, -0.1) is 5.10 Å². The van der Waals surface area contributed by atoms with E-state index in [1.54, 1.807) is 0 Å². The van der Waals surface area contributed by atoms with Crippen molar-refractivity contribution in [1.29, 1.82) is 5.26 Å². The Morgan fingerprint density at radius 1 is 1.20 bits per heavy atom. The van der Waals surface area contributed by atoms with Gasteiger partial charge >= 0.3 is 0 Å². The smallest absolute Gasteiger partial charge is 0.244 e. The fourth-order valence-electron chi connectivity index (χ4n) is 3.78. The summed E-state index contributed by atoms with van der Waals surface area (Å²) in [6, 6.07) is 15.4. The first kappa shape index (κ1) is 17.9. The number of nitrogens with zero attached hydrogens (tertiary/aromatic N) is 2. The summed E-state index contributed by atoms with van der Waals surface area (Å²) >= 11 is 0. The highest BCUT2D eigenvalue weighted by molar-refractivity contribution is 5.71. The number of aromatic amines is 1. The number of rotatable bonds is 4. The number of nitriles is 1. The molecule has 0 saturated carbocycles. The van der Waals surface area contributed by atoms with Crippen molar-refractivity contribution in [1.82, 2.24) is 10.2 Å². The lowest BCUT2D eigenvalue weighted by Gasteiger charge is -2.24. The number of hydrogen-bond donors (Lipinski definition) is 2. The molecule has 0 spiro atoms. The number of nitrogens with one attached hydrogen (secondary N) is 1. The van der Waals surface area contributed by atoms with Gasteiger partial charge in [-0.25, -0.2) is 0 Å². The van der Waals surface area contributed by atoms with E-state index in [-0.39, 0.29) is 12.7 Å². The van der Waals surface area contributed by atoms with Crippen molar-refractivity contribution in [3.8, 4) is 40.5 Å². The summed E-state index contributed by atoms with van der Waals surface area (Å²) in [7, 11) is 0. The molecule has 1 aromatic heterocycles. The Kier molecular flexibility index (Phi) is 4.21. The summed E-state index contributed by atoms with van der Waals surface area (Å²) in [5.74, 6) is 1.99. The van der Waals surface area contributed by atoms with Crippen LogP contribution in [0.4, 0.5) is 0 Å². The van der Waals surface area contributed by atoms with Crippen LogP contribution in [0.15, 0.2) is 53.9 Å². The Bertz CT molecular complexity index is 1190. The van der Waals surface area contributed by atoms with Gasteiger partial charge in [-0.05, 0) is 48.9 Å². The molecule has 2 aliphatic rings. The van der Waals surface area contributed by atoms with Crippen molar-refractivity contribution in [2.24, 2.45) is 5.73 Å². The van der Waals surface area contributed by atoms with Gasteiger partial charge in [-0.3, -0.25) is 5.10 Å². The summed E-state index contributed by atoms with van der Waals surface area (Å²) in [6.07, 6.45) is 0. The van der Waals surface area contributed by atoms with E-state index < -0.39 is 5.92 Å². The Balaban J connectivity index is 1.65. The standard InChI is InChI=1S/C22H18N4O4/c1-2-27-14-6-3-12(4-7-14)20-19-18(13-5-8-16-17(9-13)29-11-28-16)15(10-23)21(24)30-22(19)26-25-20/h3-9,18H,2,11,24H2,1H3,(H,25,26)/t18-/m0/s1. The maximum absolute atomic E-state index is 9.84. The second-order valence-corrected chi connectivity index (χ2v) is 6.81. The molecule has 30 heavy (non-hydrogen) atoms. The molecular formula is C22H18N4O4. The molecule has 5 rings (SSSR count). The second kappa shape index (κ2) is 7.04. The third-order valence-corrected chi connectivity index (χ3v) is 5.12. The number of allylic oxidation sites excluding steroid dienone is 1. The maximum Gasteiger partial charge on any atom is 0.244 e. The average molecular weight is 402 g/mol. The predicted octanol–water partition coefficient (Wildman–Crippen LogP) is 3.42. The molecule has 150 valence electrons. The van der Waals surface area contributed by atoms with Crippen molar-refractivity contribution < 1.29 is 18.9 Å². The molecule has 3 aromatic rings. The minimum Gasteiger partial charge on any atom is -0.494 e. The molecule has 8 heteroatoms. The van der Waals surface area contributed by atoms with Crippen LogP contribution >= 0.6 is 0 Å². The highest BCUT2D eigenvalue weighted by atomic mass is 16.7. The van der Waals surface area contributed by atoms with Crippen LogP contribution in [-0.2, 0) is 0 Å². The second-order valence-electron chi connectivity index (χ2n) is 6.81. The fraction of sp³-hybridized carbons (Fsp3) is 0.182.